The maximum Gasteiger partial charge on any atom is 0.250 e. The largest absolute Gasteiger partial charge is 0.366 e. The van der Waals surface area contributed by atoms with Crippen LogP contribution in [0, 0.1) is 0 Å². The number of aromatic amines is 1. The van der Waals surface area contributed by atoms with Gasteiger partial charge in [0.25, 0.3) is 5.91 Å². The highest BCUT2D eigenvalue weighted by molar-refractivity contribution is 6.05. The highest BCUT2D eigenvalue weighted by Gasteiger charge is 2.12. The van der Waals surface area contributed by atoms with Gasteiger partial charge < -0.3 is 10.7 Å². The Hall–Kier alpha value is -3.40. The number of hydrogen-bond acceptors (Lipinski definition) is 2. The topological polar surface area (TPSA) is 71.8 Å². The molecule has 3 aromatic carbocycles. The number of hydrogen-bond donors (Lipinski definition) is 2. The van der Waals surface area contributed by atoms with Crippen molar-refractivity contribution in [1.82, 2.24) is 9.97 Å². The lowest BCUT2D eigenvalue weighted by atomic mass is 9.98. The van der Waals surface area contributed by atoms with Crippen molar-refractivity contribution in [1.29, 1.82) is 0 Å². The van der Waals surface area contributed by atoms with Crippen LogP contribution < -0.4 is 5.73 Å². The number of aromatic nitrogens is 2. The summed E-state index contributed by atoms with van der Waals surface area (Å²) in [4.78, 5) is 18.9. The molecule has 1 aromatic heterocycles. The van der Waals surface area contributed by atoms with Crippen molar-refractivity contribution >= 4 is 16.9 Å². The van der Waals surface area contributed by atoms with Gasteiger partial charge in [-0.3, -0.25) is 4.79 Å². The third-order valence-electron chi connectivity index (χ3n) is 4.11. The first-order valence-electron chi connectivity index (χ1n) is 7.65. The molecule has 0 aliphatic carbocycles. The van der Waals surface area contributed by atoms with Gasteiger partial charge in [-0.1, -0.05) is 54.6 Å². The van der Waals surface area contributed by atoms with E-state index in [0.29, 0.717) is 11.1 Å². The molecule has 0 unspecified atom stereocenters. The van der Waals surface area contributed by atoms with E-state index in [4.69, 9.17) is 5.73 Å². The Morgan fingerprint density at radius 3 is 2.12 bits per heavy atom. The molecule has 4 heteroatoms. The minimum absolute atomic E-state index is 0.427. The number of nitrogens with one attached hydrogen (secondary N) is 1. The quantitative estimate of drug-likeness (QED) is 0.600. The van der Waals surface area contributed by atoms with Gasteiger partial charge in [0, 0.05) is 0 Å². The van der Waals surface area contributed by atoms with Gasteiger partial charge >= 0.3 is 0 Å². The second-order valence-electron chi connectivity index (χ2n) is 5.63. The fraction of sp³-hybridized carbons (Fsp3) is 0. The van der Waals surface area contributed by atoms with Crippen molar-refractivity contribution in [3.05, 3.63) is 78.6 Å². The predicted molar refractivity (Wildman–Crippen MR) is 95.5 cm³/mol. The first kappa shape index (κ1) is 14.2. The number of fused-ring (bicyclic) bond motifs is 1. The van der Waals surface area contributed by atoms with Crippen LogP contribution in [-0.4, -0.2) is 15.9 Å². The molecule has 4 nitrogen and oxygen atoms in total. The third-order valence-corrected chi connectivity index (χ3v) is 4.11. The smallest absolute Gasteiger partial charge is 0.250 e. The lowest BCUT2D eigenvalue weighted by Gasteiger charge is -2.07. The normalized spacial score (nSPS) is 10.8. The molecule has 0 spiro atoms. The van der Waals surface area contributed by atoms with Crippen LogP contribution in [0.25, 0.3) is 33.3 Å². The zero-order valence-corrected chi connectivity index (χ0v) is 12.9. The van der Waals surface area contributed by atoms with Gasteiger partial charge in [0.2, 0.25) is 0 Å². The number of carbonyl (C=O) groups excluding carboxylic acids is 1. The van der Waals surface area contributed by atoms with Crippen molar-refractivity contribution < 1.29 is 4.79 Å². The summed E-state index contributed by atoms with van der Waals surface area (Å²) in [5, 5.41) is 0. The zero-order valence-electron chi connectivity index (χ0n) is 12.9. The Bertz CT molecular complexity index is 1020. The zero-order chi connectivity index (χ0) is 16.5. The third kappa shape index (κ3) is 2.44. The van der Waals surface area contributed by atoms with Gasteiger partial charge in [-0.2, -0.15) is 0 Å². The Morgan fingerprint density at radius 2 is 1.46 bits per heavy atom. The van der Waals surface area contributed by atoms with Gasteiger partial charge in [0.1, 0.15) is 5.52 Å². The van der Waals surface area contributed by atoms with Gasteiger partial charge in [-0.25, -0.2) is 4.98 Å². The molecule has 0 aliphatic heterocycles. The van der Waals surface area contributed by atoms with Crippen LogP contribution in [-0.2, 0) is 0 Å². The lowest BCUT2D eigenvalue weighted by molar-refractivity contribution is 0.100. The Balaban J connectivity index is 1.79. The second kappa shape index (κ2) is 5.66. The molecule has 0 saturated heterocycles. The summed E-state index contributed by atoms with van der Waals surface area (Å²) in [6.07, 6.45) is 1.57. The number of H-pyrrole nitrogens is 1. The average molecular weight is 313 g/mol. The van der Waals surface area contributed by atoms with Crippen molar-refractivity contribution in [2.24, 2.45) is 5.73 Å². The van der Waals surface area contributed by atoms with Crippen molar-refractivity contribution in [2.45, 2.75) is 0 Å². The minimum Gasteiger partial charge on any atom is -0.366 e. The fourth-order valence-corrected chi connectivity index (χ4v) is 2.89. The Kier molecular flexibility index (Phi) is 3.35. The highest BCUT2D eigenvalue weighted by Crippen LogP contribution is 2.28. The molecule has 0 saturated carbocycles. The molecule has 0 aliphatic rings. The molecule has 116 valence electrons. The average Bonchev–Trinajstić information content (AvgIpc) is 3.10. The molecule has 4 rings (SSSR count). The van der Waals surface area contributed by atoms with Crippen LogP contribution in [0.4, 0.5) is 0 Å². The molecule has 0 fully saturated rings. The Labute approximate surface area is 139 Å². The van der Waals surface area contributed by atoms with E-state index in [-0.39, 0.29) is 0 Å². The predicted octanol–water partition coefficient (Wildman–Crippen LogP) is 4.00. The Morgan fingerprint density at radius 1 is 0.833 bits per heavy atom. The molecule has 0 bridgehead atoms. The number of carbonyl (C=O) groups is 1. The van der Waals surface area contributed by atoms with E-state index in [1.807, 2.05) is 36.4 Å². The van der Waals surface area contributed by atoms with Crippen molar-refractivity contribution in [3.63, 3.8) is 0 Å². The molecule has 1 heterocycles. The first-order valence-corrected chi connectivity index (χ1v) is 7.65. The lowest BCUT2D eigenvalue weighted by Crippen LogP contribution is -2.11. The van der Waals surface area contributed by atoms with E-state index in [2.05, 4.69) is 34.2 Å². The van der Waals surface area contributed by atoms with E-state index >= 15 is 0 Å². The summed E-state index contributed by atoms with van der Waals surface area (Å²) < 4.78 is 0. The fourth-order valence-electron chi connectivity index (χ4n) is 2.89. The molecule has 0 atom stereocenters. The first-order chi connectivity index (χ1) is 11.7. The maximum absolute atomic E-state index is 11.7. The van der Waals surface area contributed by atoms with E-state index in [1.165, 1.54) is 5.56 Å². The number of benzene rings is 3. The minimum atomic E-state index is -0.477. The standard InChI is InChI=1S/C20H15N3O/c21-20(24)17-10-16(11-18-19(17)23-12-22-18)15-8-6-14(7-9-15)13-4-2-1-3-5-13/h1-12H,(H2,21,24)(H,22,23). The van der Waals surface area contributed by atoms with Crippen LogP contribution in [0.3, 0.4) is 0 Å². The number of rotatable bonds is 3. The molecule has 1 amide bonds. The number of nitrogens with zero attached hydrogens (tertiary/aromatic N) is 1. The summed E-state index contributed by atoms with van der Waals surface area (Å²) in [7, 11) is 0. The van der Waals surface area contributed by atoms with Crippen molar-refractivity contribution in [2.75, 3.05) is 0 Å². The molecule has 24 heavy (non-hydrogen) atoms. The number of primary amides is 1. The number of imidazole rings is 1. The summed E-state index contributed by atoms with van der Waals surface area (Å²) in [6.45, 7) is 0. The summed E-state index contributed by atoms with van der Waals surface area (Å²) in [5.41, 5.74) is 11.6. The molecule has 0 radical (unpaired) electrons. The summed E-state index contributed by atoms with van der Waals surface area (Å²) >= 11 is 0. The van der Waals surface area contributed by atoms with Crippen LogP contribution in [0.2, 0.25) is 0 Å². The molecular formula is C20H15N3O. The van der Waals surface area contributed by atoms with Gasteiger partial charge in [-0.15, -0.1) is 0 Å². The van der Waals surface area contributed by atoms with Crippen LogP contribution >= 0.6 is 0 Å². The number of amides is 1. The maximum atomic E-state index is 11.7. The van der Waals surface area contributed by atoms with E-state index < -0.39 is 5.91 Å². The van der Waals surface area contributed by atoms with Crippen LogP contribution in [0.15, 0.2) is 73.1 Å². The van der Waals surface area contributed by atoms with E-state index in [0.717, 1.165) is 22.2 Å². The monoisotopic (exact) mass is 313 g/mol. The summed E-state index contributed by atoms with van der Waals surface area (Å²) in [6, 6.07) is 22.2. The SMILES string of the molecule is NC(=O)c1cc(-c2ccc(-c3ccccc3)cc2)cc2[nH]cnc12. The van der Waals surface area contributed by atoms with E-state index in [9.17, 15) is 4.79 Å². The van der Waals surface area contributed by atoms with Crippen LogP contribution in [0.5, 0.6) is 0 Å². The highest BCUT2D eigenvalue weighted by atomic mass is 16.1. The van der Waals surface area contributed by atoms with E-state index in [1.54, 1.807) is 12.4 Å². The van der Waals surface area contributed by atoms with Gasteiger partial charge in [0.05, 0.1) is 17.4 Å². The van der Waals surface area contributed by atoms with Gasteiger partial charge in [0.15, 0.2) is 0 Å². The molecule has 3 N–H and O–H groups in total. The van der Waals surface area contributed by atoms with Crippen LogP contribution in [0.1, 0.15) is 10.4 Å². The second-order valence-corrected chi connectivity index (χ2v) is 5.63. The van der Waals surface area contributed by atoms with Crippen molar-refractivity contribution in [3.8, 4) is 22.3 Å². The summed E-state index contributed by atoms with van der Waals surface area (Å²) in [5.74, 6) is -0.477. The van der Waals surface area contributed by atoms with Gasteiger partial charge in [-0.05, 0) is 34.4 Å². The number of nitrogens with two attached hydrogens (primary N) is 1. The molecular weight excluding hydrogens is 298 g/mol. The molecule has 4 aromatic rings.